The fourth-order valence-electron chi connectivity index (χ4n) is 1.44. The normalized spacial score (nSPS) is 11.8. The van der Waals surface area contributed by atoms with E-state index in [1.807, 2.05) is 27.7 Å². The number of hydrogen-bond acceptors (Lipinski definition) is 4. The zero-order valence-electron chi connectivity index (χ0n) is 11.6. The molecule has 0 bridgehead atoms. The first-order valence-corrected chi connectivity index (χ1v) is 8.17. The summed E-state index contributed by atoms with van der Waals surface area (Å²) in [6.45, 7) is 14.6. The second-order valence-electron chi connectivity index (χ2n) is 3.74. The van der Waals surface area contributed by atoms with E-state index in [0.29, 0.717) is 39.1 Å². The van der Waals surface area contributed by atoms with Crippen molar-refractivity contribution in [1.82, 2.24) is 0 Å². The monoisotopic (exact) mass is 262 g/mol. The van der Waals surface area contributed by atoms with Crippen LogP contribution in [0, 0.1) is 0 Å². The first-order chi connectivity index (χ1) is 8.10. The smallest absolute Gasteiger partial charge is 0.377 e. The Hall–Kier alpha value is -0.203. The van der Waals surface area contributed by atoms with Crippen molar-refractivity contribution in [2.45, 2.75) is 33.7 Å². The molecule has 5 heteroatoms. The summed E-state index contributed by atoms with van der Waals surface area (Å²) in [5.74, 6) is 0. The quantitative estimate of drug-likeness (QED) is 0.326. The van der Waals surface area contributed by atoms with Gasteiger partial charge in [-0.3, -0.25) is 0 Å². The first kappa shape index (κ1) is 16.8. The molecule has 4 nitrogen and oxygen atoms in total. The SMILES string of the molecule is C=C(C)COCC[Si](OCC)(OCC)OCC. The van der Waals surface area contributed by atoms with Gasteiger partial charge >= 0.3 is 8.80 Å². The van der Waals surface area contributed by atoms with Crippen molar-refractivity contribution in [3.63, 3.8) is 0 Å². The Bertz CT molecular complexity index is 192. The average molecular weight is 262 g/mol. The fraction of sp³-hybridized carbons (Fsp3) is 0.833. The van der Waals surface area contributed by atoms with Crippen LogP contribution in [0.1, 0.15) is 27.7 Å². The van der Waals surface area contributed by atoms with Gasteiger partial charge in [-0.1, -0.05) is 12.2 Å². The summed E-state index contributed by atoms with van der Waals surface area (Å²) >= 11 is 0. The van der Waals surface area contributed by atoms with Crippen LogP contribution in [0.3, 0.4) is 0 Å². The first-order valence-electron chi connectivity index (χ1n) is 6.24. The lowest BCUT2D eigenvalue weighted by molar-refractivity contribution is 0.0601. The van der Waals surface area contributed by atoms with Gasteiger partial charge in [-0.05, 0) is 27.7 Å². The minimum absolute atomic E-state index is 0.578. The maximum atomic E-state index is 5.71. The van der Waals surface area contributed by atoms with Crippen molar-refractivity contribution in [3.05, 3.63) is 12.2 Å². The van der Waals surface area contributed by atoms with Crippen LogP contribution < -0.4 is 0 Å². The molecule has 0 aliphatic rings. The van der Waals surface area contributed by atoms with Gasteiger partial charge < -0.3 is 18.0 Å². The third kappa shape index (κ3) is 7.67. The largest absolute Gasteiger partial charge is 0.503 e. The van der Waals surface area contributed by atoms with Gasteiger partial charge in [0.2, 0.25) is 0 Å². The summed E-state index contributed by atoms with van der Waals surface area (Å²) in [4.78, 5) is 0. The van der Waals surface area contributed by atoms with Gasteiger partial charge in [-0.25, -0.2) is 0 Å². The standard InChI is InChI=1S/C12H26O4Si/c1-6-14-17(15-7-2,16-8-3)10-9-13-11-12(4)5/h4,6-11H2,1-3,5H3. The Kier molecular flexibility index (Phi) is 9.67. The second kappa shape index (κ2) is 9.79. The second-order valence-corrected chi connectivity index (χ2v) is 6.47. The van der Waals surface area contributed by atoms with E-state index >= 15 is 0 Å². The molecule has 0 aliphatic heterocycles. The molecule has 0 fully saturated rings. The average Bonchev–Trinajstić information content (AvgIpc) is 2.25. The van der Waals surface area contributed by atoms with Crippen LogP contribution in [0.25, 0.3) is 0 Å². The lowest BCUT2D eigenvalue weighted by Crippen LogP contribution is -2.46. The summed E-state index contributed by atoms with van der Waals surface area (Å²) in [6, 6.07) is 0.690. The molecule has 0 aliphatic carbocycles. The van der Waals surface area contributed by atoms with Crippen molar-refractivity contribution in [2.75, 3.05) is 33.0 Å². The van der Waals surface area contributed by atoms with E-state index in [9.17, 15) is 0 Å². The van der Waals surface area contributed by atoms with E-state index in [1.54, 1.807) is 0 Å². The lowest BCUT2D eigenvalue weighted by atomic mass is 10.4. The zero-order valence-corrected chi connectivity index (χ0v) is 12.6. The highest BCUT2D eigenvalue weighted by Gasteiger charge is 2.39. The highest BCUT2D eigenvalue weighted by atomic mass is 28.4. The van der Waals surface area contributed by atoms with E-state index in [1.165, 1.54) is 0 Å². The van der Waals surface area contributed by atoms with Crippen LogP contribution in [0.4, 0.5) is 0 Å². The van der Waals surface area contributed by atoms with Gasteiger partial charge in [-0.15, -0.1) is 0 Å². The Labute approximate surface area is 106 Å². The third-order valence-corrected chi connectivity index (χ3v) is 5.00. The molecule has 0 aromatic carbocycles. The summed E-state index contributed by atoms with van der Waals surface area (Å²) in [7, 11) is -2.52. The van der Waals surface area contributed by atoms with E-state index in [-0.39, 0.29) is 0 Å². The lowest BCUT2D eigenvalue weighted by Gasteiger charge is -2.28. The van der Waals surface area contributed by atoms with Gasteiger partial charge in [0.25, 0.3) is 0 Å². The van der Waals surface area contributed by atoms with E-state index in [0.717, 1.165) is 5.57 Å². The van der Waals surface area contributed by atoms with Crippen LogP contribution >= 0.6 is 0 Å². The van der Waals surface area contributed by atoms with Crippen LogP contribution in [-0.2, 0) is 18.0 Å². The van der Waals surface area contributed by atoms with Crippen molar-refractivity contribution in [1.29, 1.82) is 0 Å². The van der Waals surface area contributed by atoms with E-state index in [4.69, 9.17) is 18.0 Å². The van der Waals surface area contributed by atoms with Gasteiger partial charge in [0, 0.05) is 25.9 Å². The van der Waals surface area contributed by atoms with Gasteiger partial charge in [0.05, 0.1) is 13.2 Å². The zero-order chi connectivity index (χ0) is 13.1. The predicted molar refractivity (Wildman–Crippen MR) is 71.1 cm³/mol. The van der Waals surface area contributed by atoms with Crippen molar-refractivity contribution >= 4 is 8.80 Å². The Morgan fingerprint density at radius 3 is 1.82 bits per heavy atom. The Morgan fingerprint density at radius 2 is 1.47 bits per heavy atom. The molecule has 0 atom stereocenters. The summed E-state index contributed by atoms with van der Waals surface area (Å²) in [5.41, 5.74) is 1.02. The van der Waals surface area contributed by atoms with Crippen molar-refractivity contribution < 1.29 is 18.0 Å². The Morgan fingerprint density at radius 1 is 1.00 bits per heavy atom. The molecular formula is C12H26O4Si. The number of hydrogen-bond donors (Lipinski definition) is 0. The molecule has 0 heterocycles. The molecular weight excluding hydrogens is 236 g/mol. The topological polar surface area (TPSA) is 36.9 Å². The molecule has 17 heavy (non-hydrogen) atoms. The van der Waals surface area contributed by atoms with Crippen molar-refractivity contribution in [2.24, 2.45) is 0 Å². The highest BCUT2D eigenvalue weighted by Crippen LogP contribution is 2.16. The summed E-state index contributed by atoms with van der Waals surface area (Å²) in [6.07, 6.45) is 0. The number of rotatable bonds is 11. The third-order valence-electron chi connectivity index (χ3n) is 1.99. The molecule has 0 radical (unpaired) electrons. The molecule has 0 unspecified atom stereocenters. The van der Waals surface area contributed by atoms with Crippen molar-refractivity contribution in [3.8, 4) is 0 Å². The fourth-order valence-corrected chi connectivity index (χ4v) is 3.84. The van der Waals surface area contributed by atoms with Gasteiger partial charge in [0.1, 0.15) is 0 Å². The maximum absolute atomic E-state index is 5.71. The number of ether oxygens (including phenoxy) is 1. The molecule has 0 saturated heterocycles. The minimum atomic E-state index is -2.52. The molecule has 0 spiro atoms. The molecule has 0 amide bonds. The molecule has 0 saturated carbocycles. The van der Waals surface area contributed by atoms with E-state index < -0.39 is 8.80 Å². The minimum Gasteiger partial charge on any atom is -0.377 e. The van der Waals surface area contributed by atoms with Crippen LogP contribution in [0.2, 0.25) is 6.04 Å². The molecule has 102 valence electrons. The summed E-state index contributed by atoms with van der Waals surface area (Å²) in [5, 5.41) is 0. The maximum Gasteiger partial charge on any atom is 0.503 e. The molecule has 0 aromatic heterocycles. The summed E-state index contributed by atoms with van der Waals surface area (Å²) < 4.78 is 22.6. The van der Waals surface area contributed by atoms with Gasteiger partial charge in [0.15, 0.2) is 0 Å². The van der Waals surface area contributed by atoms with E-state index in [2.05, 4.69) is 6.58 Å². The molecule has 0 rings (SSSR count). The van der Waals surface area contributed by atoms with Crippen LogP contribution in [0.5, 0.6) is 0 Å². The highest BCUT2D eigenvalue weighted by molar-refractivity contribution is 6.60. The van der Waals surface area contributed by atoms with Gasteiger partial charge in [-0.2, -0.15) is 0 Å². The molecule has 0 aromatic rings. The molecule has 0 N–H and O–H groups in total. The van der Waals surface area contributed by atoms with Crippen LogP contribution in [-0.4, -0.2) is 41.8 Å². The Balaban J connectivity index is 4.18. The predicted octanol–water partition coefficient (Wildman–Crippen LogP) is 2.63. The van der Waals surface area contributed by atoms with Crippen LogP contribution in [0.15, 0.2) is 12.2 Å².